The Morgan fingerprint density at radius 1 is 0.829 bits per heavy atom. The number of sulfonamides is 1. The molecule has 3 aliphatic rings. The molecule has 0 bridgehead atoms. The van der Waals surface area contributed by atoms with Crippen LogP contribution in [-0.2, 0) is 26.0 Å². The molecule has 3 heterocycles. The molecule has 0 radical (unpaired) electrons. The molecule has 2 amide bonds. The predicted molar refractivity (Wildman–Crippen MR) is 131 cm³/mol. The van der Waals surface area contributed by atoms with E-state index in [0.717, 1.165) is 18.7 Å². The van der Waals surface area contributed by atoms with Gasteiger partial charge in [-0.25, -0.2) is 8.42 Å². The lowest BCUT2D eigenvalue weighted by Gasteiger charge is -2.36. The van der Waals surface area contributed by atoms with Crippen LogP contribution in [-0.4, -0.2) is 101 Å². The Balaban J connectivity index is 1.23. The molecule has 0 unspecified atom stereocenters. The van der Waals surface area contributed by atoms with Crippen LogP contribution in [0.5, 0.6) is 0 Å². The largest absolute Gasteiger partial charge is 0.379 e. The van der Waals surface area contributed by atoms with Crippen LogP contribution in [0.25, 0.3) is 0 Å². The molecule has 10 heteroatoms. The maximum atomic E-state index is 13.4. The van der Waals surface area contributed by atoms with Gasteiger partial charge in [-0.15, -0.1) is 0 Å². The van der Waals surface area contributed by atoms with Crippen LogP contribution in [0.4, 0.5) is 5.69 Å². The summed E-state index contributed by atoms with van der Waals surface area (Å²) in [6, 6.07) is 13.8. The van der Waals surface area contributed by atoms with Gasteiger partial charge < -0.3 is 14.5 Å². The average molecular weight is 499 g/mol. The summed E-state index contributed by atoms with van der Waals surface area (Å²) in [6.07, 6.45) is 0.669. The summed E-state index contributed by atoms with van der Waals surface area (Å²) in [7, 11) is -3.78. The number of benzene rings is 2. The van der Waals surface area contributed by atoms with E-state index in [2.05, 4.69) is 4.90 Å². The molecular formula is C25H30N4O5S. The number of amides is 2. The fraction of sp³-hybridized carbons (Fsp3) is 0.440. The van der Waals surface area contributed by atoms with Gasteiger partial charge in [0.25, 0.3) is 15.9 Å². The molecule has 2 aromatic carbocycles. The third kappa shape index (κ3) is 4.91. The van der Waals surface area contributed by atoms with Crippen LogP contribution in [0.15, 0.2) is 53.4 Å². The number of anilines is 1. The van der Waals surface area contributed by atoms with Crippen molar-refractivity contribution in [2.24, 2.45) is 0 Å². The smallest absolute Gasteiger partial charge is 0.264 e. The highest BCUT2D eigenvalue weighted by Crippen LogP contribution is 2.32. The number of carbonyl (C=O) groups excluding carboxylic acids is 2. The number of hydrogen-bond donors (Lipinski definition) is 0. The van der Waals surface area contributed by atoms with E-state index < -0.39 is 10.0 Å². The summed E-state index contributed by atoms with van der Waals surface area (Å²) in [4.78, 5) is 31.5. The van der Waals surface area contributed by atoms with Gasteiger partial charge in [0.2, 0.25) is 5.91 Å². The number of para-hydroxylation sites is 1. The van der Waals surface area contributed by atoms with Crippen molar-refractivity contribution in [1.29, 1.82) is 0 Å². The highest BCUT2D eigenvalue weighted by molar-refractivity contribution is 7.92. The Bertz CT molecular complexity index is 1200. The lowest BCUT2D eigenvalue weighted by atomic mass is 10.2. The van der Waals surface area contributed by atoms with Crippen LogP contribution in [0.1, 0.15) is 15.9 Å². The van der Waals surface area contributed by atoms with Gasteiger partial charge in [-0.05, 0) is 36.2 Å². The van der Waals surface area contributed by atoms with Gasteiger partial charge in [0, 0.05) is 51.4 Å². The number of piperazine rings is 1. The summed E-state index contributed by atoms with van der Waals surface area (Å²) in [5, 5.41) is 0. The summed E-state index contributed by atoms with van der Waals surface area (Å²) in [6.45, 7) is 5.35. The fourth-order valence-corrected chi connectivity index (χ4v) is 6.42. The highest BCUT2D eigenvalue weighted by Gasteiger charge is 2.32. The number of nitrogens with zero attached hydrogens (tertiary/aromatic N) is 4. The van der Waals surface area contributed by atoms with E-state index in [4.69, 9.17) is 4.74 Å². The van der Waals surface area contributed by atoms with Crippen LogP contribution in [0, 0.1) is 0 Å². The first-order chi connectivity index (χ1) is 16.9. The van der Waals surface area contributed by atoms with Gasteiger partial charge in [-0.3, -0.25) is 18.8 Å². The second-order valence-electron chi connectivity index (χ2n) is 9.05. The van der Waals surface area contributed by atoms with Gasteiger partial charge in [0.1, 0.15) is 0 Å². The van der Waals surface area contributed by atoms with Crippen molar-refractivity contribution < 1.29 is 22.7 Å². The number of rotatable bonds is 5. The number of morpholine rings is 1. The van der Waals surface area contributed by atoms with Crippen molar-refractivity contribution in [3.63, 3.8) is 0 Å². The number of fused-ring (bicyclic) bond motifs is 1. The summed E-state index contributed by atoms with van der Waals surface area (Å²) in [5.74, 6) is -0.151. The Kier molecular flexibility index (Phi) is 6.77. The Morgan fingerprint density at radius 3 is 2.31 bits per heavy atom. The maximum absolute atomic E-state index is 13.4. The van der Waals surface area contributed by atoms with Crippen molar-refractivity contribution in [2.75, 3.05) is 69.9 Å². The fourth-order valence-electron chi connectivity index (χ4n) is 4.87. The van der Waals surface area contributed by atoms with E-state index in [-0.39, 0.29) is 16.7 Å². The lowest BCUT2D eigenvalue weighted by Crippen LogP contribution is -2.53. The topological polar surface area (TPSA) is 90.5 Å². The molecule has 2 saturated heterocycles. The molecule has 0 aromatic heterocycles. The van der Waals surface area contributed by atoms with Crippen molar-refractivity contribution in [3.8, 4) is 0 Å². The molecule has 35 heavy (non-hydrogen) atoms. The van der Waals surface area contributed by atoms with E-state index in [0.29, 0.717) is 70.2 Å². The summed E-state index contributed by atoms with van der Waals surface area (Å²) >= 11 is 0. The minimum absolute atomic E-state index is 0.0676. The Labute approximate surface area is 205 Å². The van der Waals surface area contributed by atoms with E-state index in [9.17, 15) is 18.0 Å². The van der Waals surface area contributed by atoms with Gasteiger partial charge in [-0.2, -0.15) is 0 Å². The average Bonchev–Trinajstić information content (AvgIpc) is 3.34. The first kappa shape index (κ1) is 23.8. The van der Waals surface area contributed by atoms with Gasteiger partial charge in [0.05, 0.1) is 30.3 Å². The van der Waals surface area contributed by atoms with Crippen LogP contribution >= 0.6 is 0 Å². The molecule has 0 spiro atoms. The van der Waals surface area contributed by atoms with Gasteiger partial charge in [0.15, 0.2) is 0 Å². The van der Waals surface area contributed by atoms with Crippen LogP contribution in [0.2, 0.25) is 0 Å². The van der Waals surface area contributed by atoms with Crippen molar-refractivity contribution >= 4 is 27.5 Å². The SMILES string of the molecule is O=C(CN1CCOCC1)N1CCN(C(=O)c2cccc(S(=O)(=O)N3CCc4ccccc43)c2)CC1. The van der Waals surface area contributed by atoms with E-state index in [1.165, 1.54) is 16.4 Å². The standard InChI is InChI=1S/C25H30N4O5S/c30-24(19-26-14-16-34-17-15-26)27-10-12-28(13-11-27)25(31)21-5-3-6-22(18-21)35(32,33)29-9-8-20-4-1-2-7-23(20)29/h1-7,18H,8-17,19H2. The van der Waals surface area contributed by atoms with Crippen molar-refractivity contribution in [1.82, 2.24) is 14.7 Å². The second-order valence-corrected chi connectivity index (χ2v) is 10.9. The van der Waals surface area contributed by atoms with E-state index >= 15 is 0 Å². The van der Waals surface area contributed by atoms with Crippen LogP contribution in [0.3, 0.4) is 0 Å². The Hall–Kier alpha value is -2.95. The molecule has 2 fully saturated rings. The summed E-state index contributed by atoms with van der Waals surface area (Å²) in [5.41, 5.74) is 2.04. The normalized spacial score (nSPS) is 19.0. The minimum atomic E-state index is -3.78. The maximum Gasteiger partial charge on any atom is 0.264 e. The molecular weight excluding hydrogens is 468 g/mol. The molecule has 0 saturated carbocycles. The number of hydrogen-bond acceptors (Lipinski definition) is 6. The molecule has 2 aromatic rings. The molecule has 3 aliphatic heterocycles. The quantitative estimate of drug-likeness (QED) is 0.612. The predicted octanol–water partition coefficient (Wildman–Crippen LogP) is 1.05. The van der Waals surface area contributed by atoms with Crippen LogP contribution < -0.4 is 4.31 Å². The molecule has 9 nitrogen and oxygen atoms in total. The van der Waals surface area contributed by atoms with Gasteiger partial charge >= 0.3 is 0 Å². The highest BCUT2D eigenvalue weighted by atomic mass is 32.2. The minimum Gasteiger partial charge on any atom is -0.379 e. The third-order valence-corrected chi connectivity index (χ3v) is 8.70. The van der Waals surface area contributed by atoms with Gasteiger partial charge in [-0.1, -0.05) is 24.3 Å². The molecule has 186 valence electrons. The lowest BCUT2D eigenvalue weighted by molar-refractivity contribution is -0.134. The first-order valence-corrected chi connectivity index (χ1v) is 13.5. The number of ether oxygens (including phenoxy) is 1. The van der Waals surface area contributed by atoms with E-state index in [1.54, 1.807) is 21.9 Å². The molecule has 0 N–H and O–H groups in total. The first-order valence-electron chi connectivity index (χ1n) is 12.0. The Morgan fingerprint density at radius 2 is 1.54 bits per heavy atom. The van der Waals surface area contributed by atoms with E-state index in [1.807, 2.05) is 24.3 Å². The zero-order valence-corrected chi connectivity index (χ0v) is 20.5. The van der Waals surface area contributed by atoms with Crippen molar-refractivity contribution in [2.45, 2.75) is 11.3 Å². The number of carbonyl (C=O) groups is 2. The summed E-state index contributed by atoms with van der Waals surface area (Å²) < 4.78 is 33.5. The third-order valence-electron chi connectivity index (χ3n) is 6.90. The monoisotopic (exact) mass is 498 g/mol. The molecule has 0 atom stereocenters. The zero-order chi connectivity index (χ0) is 24.4. The molecule has 5 rings (SSSR count). The van der Waals surface area contributed by atoms with Crippen molar-refractivity contribution in [3.05, 3.63) is 59.7 Å². The zero-order valence-electron chi connectivity index (χ0n) is 19.6. The second kappa shape index (κ2) is 9.96. The molecule has 0 aliphatic carbocycles.